The van der Waals surface area contributed by atoms with Crippen LogP contribution in [0.25, 0.3) is 0 Å². The summed E-state index contributed by atoms with van der Waals surface area (Å²) in [6.07, 6.45) is 6.40. The van der Waals surface area contributed by atoms with E-state index in [4.69, 9.17) is 0 Å². The van der Waals surface area contributed by atoms with Crippen LogP contribution < -0.4 is 0 Å². The second-order valence-electron chi connectivity index (χ2n) is 7.75. The van der Waals surface area contributed by atoms with Crippen LogP contribution in [-0.2, 0) is 13.6 Å². The molecule has 0 radical (unpaired) electrons. The van der Waals surface area contributed by atoms with Gasteiger partial charge in [0.05, 0.1) is 5.69 Å². The highest BCUT2D eigenvalue weighted by atomic mass is 15.3. The normalized spacial score (nSPS) is 24.9. The molecule has 3 rings (SSSR count). The van der Waals surface area contributed by atoms with Crippen molar-refractivity contribution in [1.29, 1.82) is 0 Å². The first kappa shape index (κ1) is 16.0. The van der Waals surface area contributed by atoms with Gasteiger partial charge in [0, 0.05) is 44.5 Å². The quantitative estimate of drug-likeness (QED) is 0.836. The number of aryl methyl sites for hydroxylation is 2. The Morgan fingerprint density at radius 2 is 2.05 bits per heavy atom. The fourth-order valence-corrected chi connectivity index (χ4v) is 3.81. The Labute approximate surface area is 135 Å². The van der Waals surface area contributed by atoms with Crippen molar-refractivity contribution >= 4 is 0 Å². The molecule has 1 aromatic rings. The molecular weight excluding hydrogens is 272 g/mol. The third-order valence-corrected chi connectivity index (χ3v) is 5.30. The highest BCUT2D eigenvalue weighted by Gasteiger charge is 2.32. The third-order valence-electron chi connectivity index (χ3n) is 5.30. The van der Waals surface area contributed by atoms with Crippen LogP contribution in [0, 0.1) is 18.8 Å². The van der Waals surface area contributed by atoms with Crippen LogP contribution in [0.4, 0.5) is 0 Å². The van der Waals surface area contributed by atoms with Gasteiger partial charge < -0.3 is 0 Å². The lowest BCUT2D eigenvalue weighted by Gasteiger charge is -2.34. The minimum absolute atomic E-state index is 0.708. The molecule has 1 saturated carbocycles. The molecule has 4 heteroatoms. The van der Waals surface area contributed by atoms with Crippen molar-refractivity contribution in [2.24, 2.45) is 18.9 Å². The lowest BCUT2D eigenvalue weighted by atomic mass is 10.0. The average molecular weight is 304 g/mol. The largest absolute Gasteiger partial charge is 0.299 e. The Balaban J connectivity index is 1.66. The molecule has 0 spiro atoms. The van der Waals surface area contributed by atoms with Crippen molar-refractivity contribution in [3.05, 3.63) is 17.5 Å². The van der Waals surface area contributed by atoms with Gasteiger partial charge in [0.2, 0.25) is 0 Å². The second kappa shape index (κ2) is 6.71. The standard InChI is InChI=1S/C18H32N4/c1-14(2)18-13-21(12-17-11-20(4)19-15(17)3)8-5-9-22(18)10-16-6-7-16/h11,14,16,18H,5-10,12-13H2,1-4H3. The van der Waals surface area contributed by atoms with Crippen LogP contribution in [0.3, 0.4) is 0 Å². The van der Waals surface area contributed by atoms with Gasteiger partial charge in [-0.05, 0) is 51.1 Å². The molecule has 124 valence electrons. The smallest absolute Gasteiger partial charge is 0.0638 e. The molecule has 0 aromatic carbocycles. The van der Waals surface area contributed by atoms with Crippen LogP contribution in [0.1, 0.15) is 44.4 Å². The first-order chi connectivity index (χ1) is 10.5. The van der Waals surface area contributed by atoms with Gasteiger partial charge >= 0.3 is 0 Å². The molecule has 0 amide bonds. The van der Waals surface area contributed by atoms with Gasteiger partial charge in [-0.1, -0.05) is 13.8 Å². The summed E-state index contributed by atoms with van der Waals surface area (Å²) in [4.78, 5) is 5.44. The minimum Gasteiger partial charge on any atom is -0.299 e. The van der Waals surface area contributed by atoms with E-state index >= 15 is 0 Å². The number of aromatic nitrogens is 2. The predicted molar refractivity (Wildman–Crippen MR) is 90.8 cm³/mol. The monoisotopic (exact) mass is 304 g/mol. The van der Waals surface area contributed by atoms with Crippen LogP contribution in [0.2, 0.25) is 0 Å². The third kappa shape index (κ3) is 3.90. The number of hydrogen-bond donors (Lipinski definition) is 0. The molecule has 1 aliphatic carbocycles. The summed E-state index contributed by atoms with van der Waals surface area (Å²) >= 11 is 0. The van der Waals surface area contributed by atoms with Crippen LogP contribution >= 0.6 is 0 Å². The zero-order chi connectivity index (χ0) is 15.7. The summed E-state index contributed by atoms with van der Waals surface area (Å²) in [6, 6.07) is 0.708. The lowest BCUT2D eigenvalue weighted by Crippen LogP contribution is -2.45. The summed E-state index contributed by atoms with van der Waals surface area (Å²) in [5.41, 5.74) is 2.57. The van der Waals surface area contributed by atoms with E-state index in [0.29, 0.717) is 6.04 Å². The Bertz CT molecular complexity index is 489. The highest BCUT2D eigenvalue weighted by Crippen LogP contribution is 2.32. The Morgan fingerprint density at radius 1 is 1.27 bits per heavy atom. The zero-order valence-corrected chi connectivity index (χ0v) is 14.8. The van der Waals surface area contributed by atoms with E-state index in [0.717, 1.165) is 18.4 Å². The lowest BCUT2D eigenvalue weighted by molar-refractivity contribution is 0.132. The van der Waals surface area contributed by atoms with Crippen molar-refractivity contribution in [2.45, 2.75) is 52.6 Å². The summed E-state index contributed by atoms with van der Waals surface area (Å²) < 4.78 is 1.95. The van der Waals surface area contributed by atoms with Crippen molar-refractivity contribution in [1.82, 2.24) is 19.6 Å². The maximum Gasteiger partial charge on any atom is 0.0638 e. The van der Waals surface area contributed by atoms with Crippen LogP contribution in [0.15, 0.2) is 6.20 Å². The van der Waals surface area contributed by atoms with Gasteiger partial charge in [-0.25, -0.2) is 0 Å². The van der Waals surface area contributed by atoms with Crippen LogP contribution in [-0.4, -0.2) is 51.8 Å². The predicted octanol–water partition coefficient (Wildman–Crippen LogP) is 2.67. The van der Waals surface area contributed by atoms with Gasteiger partial charge in [0.25, 0.3) is 0 Å². The first-order valence-corrected chi connectivity index (χ1v) is 8.98. The Morgan fingerprint density at radius 3 is 2.64 bits per heavy atom. The number of nitrogens with zero attached hydrogens (tertiary/aromatic N) is 4. The highest BCUT2D eigenvalue weighted by molar-refractivity contribution is 5.15. The van der Waals surface area contributed by atoms with E-state index in [1.807, 2.05) is 11.7 Å². The Kier molecular flexibility index (Phi) is 4.88. The van der Waals surface area contributed by atoms with E-state index in [9.17, 15) is 0 Å². The molecule has 0 bridgehead atoms. The fraction of sp³-hybridized carbons (Fsp3) is 0.833. The molecule has 2 fully saturated rings. The van der Waals surface area contributed by atoms with Gasteiger partial charge in [-0.3, -0.25) is 14.5 Å². The van der Waals surface area contributed by atoms with Crippen molar-refractivity contribution in [3.8, 4) is 0 Å². The molecule has 0 N–H and O–H groups in total. The van der Waals surface area contributed by atoms with Gasteiger partial charge in [-0.2, -0.15) is 5.10 Å². The minimum atomic E-state index is 0.708. The molecule has 22 heavy (non-hydrogen) atoms. The SMILES string of the molecule is Cc1nn(C)cc1CN1CCCN(CC2CC2)C(C(C)C)C1. The maximum absolute atomic E-state index is 4.50. The topological polar surface area (TPSA) is 24.3 Å². The molecule has 2 heterocycles. The molecule has 1 unspecified atom stereocenters. The molecule has 4 nitrogen and oxygen atoms in total. The Hall–Kier alpha value is -0.870. The van der Waals surface area contributed by atoms with Crippen molar-refractivity contribution in [3.63, 3.8) is 0 Å². The molecule has 1 aromatic heterocycles. The molecule has 1 aliphatic heterocycles. The van der Waals surface area contributed by atoms with E-state index in [2.05, 4.69) is 41.9 Å². The number of hydrogen-bond acceptors (Lipinski definition) is 3. The van der Waals surface area contributed by atoms with E-state index in [1.165, 1.54) is 56.7 Å². The summed E-state index contributed by atoms with van der Waals surface area (Å²) in [5.74, 6) is 1.72. The zero-order valence-electron chi connectivity index (χ0n) is 14.8. The van der Waals surface area contributed by atoms with E-state index < -0.39 is 0 Å². The summed E-state index contributed by atoms with van der Waals surface area (Å²) in [7, 11) is 2.02. The summed E-state index contributed by atoms with van der Waals surface area (Å²) in [6.45, 7) is 13.0. The molecule has 1 atom stereocenters. The summed E-state index contributed by atoms with van der Waals surface area (Å²) in [5, 5.41) is 4.50. The van der Waals surface area contributed by atoms with Gasteiger partial charge in [0.1, 0.15) is 0 Å². The fourth-order valence-electron chi connectivity index (χ4n) is 3.81. The van der Waals surface area contributed by atoms with Crippen LogP contribution in [0.5, 0.6) is 0 Å². The second-order valence-corrected chi connectivity index (χ2v) is 7.75. The van der Waals surface area contributed by atoms with Gasteiger partial charge in [0.15, 0.2) is 0 Å². The maximum atomic E-state index is 4.50. The van der Waals surface area contributed by atoms with Gasteiger partial charge in [-0.15, -0.1) is 0 Å². The molecule has 2 aliphatic rings. The molecular formula is C18H32N4. The van der Waals surface area contributed by atoms with Crippen molar-refractivity contribution in [2.75, 3.05) is 26.2 Å². The van der Waals surface area contributed by atoms with E-state index in [-0.39, 0.29) is 0 Å². The van der Waals surface area contributed by atoms with E-state index in [1.54, 1.807) is 0 Å². The molecule has 1 saturated heterocycles. The average Bonchev–Trinajstić information content (AvgIpc) is 3.22. The first-order valence-electron chi connectivity index (χ1n) is 8.98. The van der Waals surface area contributed by atoms with Crippen molar-refractivity contribution < 1.29 is 0 Å². The number of rotatable bonds is 5.